The van der Waals surface area contributed by atoms with Crippen LogP contribution in [0.4, 0.5) is 5.69 Å². The first-order valence-electron chi connectivity index (χ1n) is 8.57. The Kier molecular flexibility index (Phi) is 3.01. The number of rotatable bonds is 1. The van der Waals surface area contributed by atoms with Crippen molar-refractivity contribution in [1.29, 1.82) is 0 Å². The lowest BCUT2D eigenvalue weighted by molar-refractivity contribution is -0.117. The average Bonchev–Trinajstić information content (AvgIpc) is 2.83. The summed E-state index contributed by atoms with van der Waals surface area (Å²) in [5, 5.41) is 0. The molecule has 1 fully saturated rings. The molecular formula is C20H25NO. The van der Waals surface area contributed by atoms with E-state index in [4.69, 9.17) is 0 Å². The predicted molar refractivity (Wildman–Crippen MR) is 89.8 cm³/mol. The maximum absolute atomic E-state index is 12.4. The number of hydrogen-bond acceptors (Lipinski definition) is 1. The Morgan fingerprint density at radius 1 is 1.27 bits per heavy atom. The molecule has 116 valence electrons. The van der Waals surface area contributed by atoms with Gasteiger partial charge in [-0.05, 0) is 42.7 Å². The van der Waals surface area contributed by atoms with E-state index >= 15 is 0 Å². The van der Waals surface area contributed by atoms with Crippen LogP contribution in [0.15, 0.2) is 35.9 Å². The molecule has 0 saturated heterocycles. The zero-order valence-electron chi connectivity index (χ0n) is 13.9. The summed E-state index contributed by atoms with van der Waals surface area (Å²) < 4.78 is 0. The van der Waals surface area contributed by atoms with E-state index in [9.17, 15) is 4.79 Å². The van der Waals surface area contributed by atoms with Gasteiger partial charge in [0.05, 0.1) is 6.04 Å². The number of allylic oxidation sites excluding steroid dienone is 1. The second kappa shape index (κ2) is 4.71. The molecule has 1 saturated carbocycles. The lowest BCUT2D eigenvalue weighted by Gasteiger charge is -2.52. The van der Waals surface area contributed by atoms with E-state index in [0.717, 1.165) is 5.69 Å². The molecular weight excluding hydrogens is 270 g/mol. The monoisotopic (exact) mass is 295 g/mol. The first-order chi connectivity index (χ1) is 10.5. The third-order valence-electron chi connectivity index (χ3n) is 6.31. The van der Waals surface area contributed by atoms with Crippen LogP contribution in [0.3, 0.4) is 0 Å². The Bertz CT molecular complexity index is 659. The number of carbonyl (C=O) groups is 1. The molecule has 0 radical (unpaired) electrons. The molecule has 2 bridgehead atoms. The van der Waals surface area contributed by atoms with Crippen molar-refractivity contribution in [1.82, 2.24) is 0 Å². The molecule has 0 unspecified atom stereocenters. The predicted octanol–water partition coefficient (Wildman–Crippen LogP) is 4.37. The zero-order valence-corrected chi connectivity index (χ0v) is 13.9. The van der Waals surface area contributed by atoms with Crippen molar-refractivity contribution in [3.63, 3.8) is 0 Å². The van der Waals surface area contributed by atoms with E-state index in [1.54, 1.807) is 12.5 Å². The number of fused-ring (bicyclic) bond motifs is 2. The highest BCUT2D eigenvalue weighted by molar-refractivity contribution is 5.95. The second-order valence-corrected chi connectivity index (χ2v) is 7.70. The number of hydrogen-bond donors (Lipinski definition) is 0. The highest BCUT2D eigenvalue weighted by Crippen LogP contribution is 2.60. The van der Waals surface area contributed by atoms with Crippen molar-refractivity contribution in [3.8, 4) is 0 Å². The van der Waals surface area contributed by atoms with Gasteiger partial charge in [-0.15, -0.1) is 0 Å². The van der Waals surface area contributed by atoms with Gasteiger partial charge in [0.2, 0.25) is 5.91 Å². The molecule has 2 heteroatoms. The van der Waals surface area contributed by atoms with Gasteiger partial charge in [-0.25, -0.2) is 0 Å². The lowest BCUT2D eigenvalue weighted by atomic mass is 9.55. The third-order valence-corrected chi connectivity index (χ3v) is 6.31. The Morgan fingerprint density at radius 3 is 2.68 bits per heavy atom. The Morgan fingerprint density at radius 2 is 2.00 bits per heavy atom. The summed E-state index contributed by atoms with van der Waals surface area (Å²) in [6, 6.07) is 8.90. The quantitative estimate of drug-likeness (QED) is 0.704. The third kappa shape index (κ3) is 1.70. The van der Waals surface area contributed by atoms with E-state index in [2.05, 4.69) is 56.0 Å². The van der Waals surface area contributed by atoms with Gasteiger partial charge in [0.25, 0.3) is 0 Å². The van der Waals surface area contributed by atoms with Crippen LogP contribution in [0.1, 0.15) is 45.6 Å². The minimum atomic E-state index is 0.195. The molecule has 1 aromatic carbocycles. The minimum absolute atomic E-state index is 0.195. The molecule has 0 spiro atoms. The molecule has 0 N–H and O–H groups in total. The highest BCUT2D eigenvalue weighted by Gasteiger charge is 2.55. The summed E-state index contributed by atoms with van der Waals surface area (Å²) in [4.78, 5) is 14.5. The van der Waals surface area contributed by atoms with Gasteiger partial charge in [0.15, 0.2) is 0 Å². The van der Waals surface area contributed by atoms with Gasteiger partial charge in [-0.3, -0.25) is 4.79 Å². The molecule has 1 amide bonds. The van der Waals surface area contributed by atoms with Crippen LogP contribution in [0, 0.1) is 23.7 Å². The number of carbonyl (C=O) groups excluding carboxylic acids is 1. The van der Waals surface area contributed by atoms with Crippen molar-refractivity contribution in [2.75, 3.05) is 4.90 Å². The van der Waals surface area contributed by atoms with E-state index < -0.39 is 0 Å². The van der Waals surface area contributed by atoms with Crippen LogP contribution >= 0.6 is 0 Å². The van der Waals surface area contributed by atoms with Crippen LogP contribution in [0.5, 0.6) is 0 Å². The van der Waals surface area contributed by atoms with Crippen LogP contribution in [0.25, 0.3) is 0 Å². The molecule has 22 heavy (non-hydrogen) atoms. The molecule has 5 atom stereocenters. The first kappa shape index (κ1) is 14.0. The first-order valence-corrected chi connectivity index (χ1v) is 8.57. The Hall–Kier alpha value is -1.57. The molecule has 3 aliphatic carbocycles. The summed E-state index contributed by atoms with van der Waals surface area (Å²) in [7, 11) is 0. The number of amides is 1. The van der Waals surface area contributed by atoms with Crippen molar-refractivity contribution < 1.29 is 4.79 Å². The number of para-hydroxylation sites is 1. The van der Waals surface area contributed by atoms with E-state index in [-0.39, 0.29) is 5.91 Å². The zero-order chi connectivity index (χ0) is 15.6. The van der Waals surface area contributed by atoms with Crippen molar-refractivity contribution in [3.05, 3.63) is 41.5 Å². The van der Waals surface area contributed by atoms with Gasteiger partial charge in [-0.1, -0.05) is 43.7 Å². The lowest BCUT2D eigenvalue weighted by Crippen LogP contribution is -2.53. The molecule has 0 aromatic heterocycles. The Balaban J connectivity index is 1.88. The van der Waals surface area contributed by atoms with Crippen molar-refractivity contribution in [2.45, 2.75) is 46.1 Å². The van der Waals surface area contributed by atoms with Crippen molar-refractivity contribution in [2.24, 2.45) is 23.7 Å². The molecule has 2 nitrogen and oxygen atoms in total. The fourth-order valence-corrected chi connectivity index (χ4v) is 5.43. The molecule has 1 aliphatic heterocycles. The van der Waals surface area contributed by atoms with Crippen LogP contribution in [-0.4, -0.2) is 11.9 Å². The fraction of sp³-hybridized carbons (Fsp3) is 0.550. The summed E-state index contributed by atoms with van der Waals surface area (Å²) in [6.07, 6.45) is 3.77. The number of anilines is 1. The molecule has 4 aliphatic rings. The summed E-state index contributed by atoms with van der Waals surface area (Å²) in [5.74, 6) is 3.19. The summed E-state index contributed by atoms with van der Waals surface area (Å²) in [5.41, 5.74) is 4.10. The SMILES string of the molecule is CC(=O)N1c2ccccc2[C@@H]2[C@H]1[C@H]1C=C(C)[C@@H]2C[C@@H]1C(C)C. The van der Waals surface area contributed by atoms with Crippen molar-refractivity contribution >= 4 is 11.6 Å². The largest absolute Gasteiger partial charge is 0.308 e. The standard InChI is InChI=1S/C20H25NO/c1-11(2)15-10-16-12(3)9-17(15)20-19(16)14-7-5-6-8-18(14)21(20)13(4)22/h5-9,11,15-17,19-20H,10H2,1-4H3/t15-,16+,17+,19+,20-/m1/s1. The molecule has 1 aromatic rings. The van der Waals surface area contributed by atoms with Gasteiger partial charge >= 0.3 is 0 Å². The number of nitrogens with zero attached hydrogens (tertiary/aromatic N) is 1. The highest BCUT2D eigenvalue weighted by atomic mass is 16.2. The molecule has 5 rings (SSSR count). The summed E-state index contributed by atoms with van der Waals surface area (Å²) >= 11 is 0. The maximum atomic E-state index is 12.4. The maximum Gasteiger partial charge on any atom is 0.224 e. The topological polar surface area (TPSA) is 20.3 Å². The van der Waals surface area contributed by atoms with Crippen LogP contribution < -0.4 is 4.90 Å². The number of benzene rings is 1. The molecule has 1 heterocycles. The van der Waals surface area contributed by atoms with Crippen LogP contribution in [-0.2, 0) is 4.79 Å². The fourth-order valence-electron chi connectivity index (χ4n) is 5.43. The van der Waals surface area contributed by atoms with E-state index in [0.29, 0.717) is 35.6 Å². The normalized spacial score (nSPS) is 35.4. The van der Waals surface area contributed by atoms with Gasteiger partial charge in [0.1, 0.15) is 0 Å². The minimum Gasteiger partial charge on any atom is -0.308 e. The summed E-state index contributed by atoms with van der Waals surface area (Å²) in [6.45, 7) is 8.69. The van der Waals surface area contributed by atoms with E-state index in [1.165, 1.54) is 12.0 Å². The Labute approximate surface area is 133 Å². The van der Waals surface area contributed by atoms with Gasteiger partial charge < -0.3 is 4.90 Å². The van der Waals surface area contributed by atoms with Crippen LogP contribution in [0.2, 0.25) is 0 Å². The van der Waals surface area contributed by atoms with Gasteiger partial charge in [-0.2, -0.15) is 0 Å². The smallest absolute Gasteiger partial charge is 0.224 e. The van der Waals surface area contributed by atoms with E-state index in [1.807, 2.05) is 0 Å². The second-order valence-electron chi connectivity index (χ2n) is 7.70. The van der Waals surface area contributed by atoms with Gasteiger partial charge in [0, 0.05) is 24.4 Å². The average molecular weight is 295 g/mol.